The Morgan fingerprint density at radius 1 is 1.15 bits per heavy atom. The van der Waals surface area contributed by atoms with Crippen LogP contribution in [-0.2, 0) is 9.53 Å². The molecule has 0 atom stereocenters. The van der Waals surface area contributed by atoms with E-state index in [0.29, 0.717) is 24.4 Å². The summed E-state index contributed by atoms with van der Waals surface area (Å²) >= 11 is 0. The van der Waals surface area contributed by atoms with Crippen molar-refractivity contribution < 1.29 is 14.3 Å². The molecule has 27 heavy (non-hydrogen) atoms. The van der Waals surface area contributed by atoms with Crippen molar-refractivity contribution in [3.05, 3.63) is 23.8 Å². The van der Waals surface area contributed by atoms with Gasteiger partial charge in [0.25, 0.3) is 5.91 Å². The van der Waals surface area contributed by atoms with E-state index in [1.807, 2.05) is 18.2 Å². The Balaban J connectivity index is 1.73. The standard InChI is InChI=1S/C21H31N3O3/c1-27-14-6-11-22-21(26)18-15-17(23-20(25)16-7-2-3-8-16)9-10-19(18)24-12-4-5-13-24/h9-10,15-16H,2-8,11-14H2,1H3,(H,22,26)(H,23,25). The fourth-order valence-corrected chi connectivity index (χ4v) is 3.98. The van der Waals surface area contributed by atoms with E-state index in [1.165, 1.54) is 0 Å². The summed E-state index contributed by atoms with van der Waals surface area (Å²) < 4.78 is 5.04. The highest BCUT2D eigenvalue weighted by Crippen LogP contribution is 2.29. The number of hydrogen-bond acceptors (Lipinski definition) is 4. The second kappa shape index (κ2) is 9.74. The number of rotatable bonds is 8. The van der Waals surface area contributed by atoms with Gasteiger partial charge >= 0.3 is 0 Å². The molecule has 148 valence electrons. The smallest absolute Gasteiger partial charge is 0.253 e. The molecule has 1 heterocycles. The summed E-state index contributed by atoms with van der Waals surface area (Å²) in [4.78, 5) is 27.5. The van der Waals surface area contributed by atoms with E-state index in [4.69, 9.17) is 4.74 Å². The Hall–Kier alpha value is -2.08. The predicted molar refractivity (Wildman–Crippen MR) is 107 cm³/mol. The van der Waals surface area contributed by atoms with Crippen LogP contribution in [0, 0.1) is 5.92 Å². The van der Waals surface area contributed by atoms with Crippen molar-refractivity contribution in [3.63, 3.8) is 0 Å². The zero-order valence-electron chi connectivity index (χ0n) is 16.3. The van der Waals surface area contributed by atoms with Crippen molar-refractivity contribution in [3.8, 4) is 0 Å². The van der Waals surface area contributed by atoms with Gasteiger partial charge in [-0.2, -0.15) is 0 Å². The molecule has 3 rings (SSSR count). The van der Waals surface area contributed by atoms with Gasteiger partial charge in [-0.1, -0.05) is 12.8 Å². The average Bonchev–Trinajstić information content (AvgIpc) is 3.39. The Morgan fingerprint density at radius 2 is 1.89 bits per heavy atom. The van der Waals surface area contributed by atoms with Crippen LogP contribution < -0.4 is 15.5 Å². The van der Waals surface area contributed by atoms with Crippen LogP contribution in [0.25, 0.3) is 0 Å². The summed E-state index contributed by atoms with van der Waals surface area (Å²) in [5.74, 6) is 0.0902. The van der Waals surface area contributed by atoms with E-state index in [1.54, 1.807) is 7.11 Å². The first-order valence-corrected chi connectivity index (χ1v) is 10.2. The Bertz CT molecular complexity index is 650. The molecule has 0 radical (unpaired) electrons. The SMILES string of the molecule is COCCCNC(=O)c1cc(NC(=O)C2CCCC2)ccc1N1CCCC1. The zero-order valence-corrected chi connectivity index (χ0v) is 16.3. The molecule has 1 saturated heterocycles. The van der Waals surface area contributed by atoms with Crippen LogP contribution in [0.4, 0.5) is 11.4 Å². The number of benzene rings is 1. The first kappa shape index (κ1) is 19.7. The second-order valence-corrected chi connectivity index (χ2v) is 7.50. The minimum absolute atomic E-state index is 0.0767. The maximum Gasteiger partial charge on any atom is 0.253 e. The van der Waals surface area contributed by atoms with Gasteiger partial charge in [0.2, 0.25) is 5.91 Å². The van der Waals surface area contributed by atoms with Crippen molar-refractivity contribution in [2.24, 2.45) is 5.92 Å². The summed E-state index contributed by atoms with van der Waals surface area (Å²) in [6.45, 7) is 3.14. The van der Waals surface area contributed by atoms with Crippen molar-refractivity contribution in [2.75, 3.05) is 43.6 Å². The molecular formula is C21H31N3O3. The Kier molecular flexibility index (Phi) is 7.10. The number of ether oxygens (including phenoxy) is 1. The highest BCUT2D eigenvalue weighted by molar-refractivity contribution is 6.02. The minimum Gasteiger partial charge on any atom is -0.385 e. The number of methoxy groups -OCH3 is 1. The summed E-state index contributed by atoms with van der Waals surface area (Å²) in [6, 6.07) is 5.72. The lowest BCUT2D eigenvalue weighted by Crippen LogP contribution is -2.29. The van der Waals surface area contributed by atoms with Gasteiger partial charge in [-0.05, 0) is 50.3 Å². The number of carbonyl (C=O) groups excluding carboxylic acids is 2. The third kappa shape index (κ3) is 5.22. The normalized spacial score (nSPS) is 17.3. The maximum atomic E-state index is 12.8. The molecule has 0 unspecified atom stereocenters. The first-order chi connectivity index (χ1) is 13.2. The van der Waals surface area contributed by atoms with Crippen molar-refractivity contribution >= 4 is 23.2 Å². The molecule has 0 bridgehead atoms. The van der Waals surface area contributed by atoms with Crippen molar-refractivity contribution in [2.45, 2.75) is 44.9 Å². The minimum atomic E-state index is -0.0926. The summed E-state index contributed by atoms with van der Waals surface area (Å²) in [5.41, 5.74) is 2.30. The summed E-state index contributed by atoms with van der Waals surface area (Å²) in [5, 5.41) is 5.99. The largest absolute Gasteiger partial charge is 0.385 e. The van der Waals surface area contributed by atoms with Crippen LogP contribution in [0.1, 0.15) is 55.3 Å². The molecular weight excluding hydrogens is 342 g/mol. The van der Waals surface area contributed by atoms with E-state index < -0.39 is 0 Å². The van der Waals surface area contributed by atoms with Gasteiger partial charge in [0, 0.05) is 50.6 Å². The summed E-state index contributed by atoms with van der Waals surface area (Å²) in [7, 11) is 1.66. The van der Waals surface area contributed by atoms with E-state index in [-0.39, 0.29) is 17.7 Å². The lowest BCUT2D eigenvalue weighted by molar-refractivity contribution is -0.119. The van der Waals surface area contributed by atoms with Gasteiger partial charge < -0.3 is 20.3 Å². The molecule has 1 aliphatic carbocycles. The predicted octanol–water partition coefficient (Wildman–Crippen LogP) is 3.18. The number of carbonyl (C=O) groups is 2. The average molecular weight is 373 g/mol. The third-order valence-electron chi connectivity index (χ3n) is 5.49. The molecule has 0 aromatic heterocycles. The quantitative estimate of drug-likeness (QED) is 0.687. The molecule has 2 aliphatic rings. The van der Waals surface area contributed by atoms with Gasteiger partial charge in [-0.15, -0.1) is 0 Å². The van der Waals surface area contributed by atoms with Gasteiger partial charge in [0.1, 0.15) is 0 Å². The highest BCUT2D eigenvalue weighted by atomic mass is 16.5. The van der Waals surface area contributed by atoms with E-state index in [9.17, 15) is 9.59 Å². The molecule has 2 amide bonds. The summed E-state index contributed by atoms with van der Waals surface area (Å²) in [6.07, 6.45) is 7.25. The Morgan fingerprint density at radius 3 is 2.59 bits per heavy atom. The molecule has 1 saturated carbocycles. The van der Waals surface area contributed by atoms with Gasteiger partial charge in [-0.25, -0.2) is 0 Å². The Labute approximate surface area is 161 Å². The monoisotopic (exact) mass is 373 g/mol. The fourth-order valence-electron chi connectivity index (χ4n) is 3.98. The first-order valence-electron chi connectivity index (χ1n) is 10.2. The van der Waals surface area contributed by atoms with Gasteiger partial charge in [0.05, 0.1) is 5.56 Å². The molecule has 2 N–H and O–H groups in total. The molecule has 1 aromatic rings. The number of anilines is 2. The number of hydrogen-bond donors (Lipinski definition) is 2. The number of nitrogens with one attached hydrogen (secondary N) is 2. The molecule has 6 heteroatoms. The third-order valence-corrected chi connectivity index (χ3v) is 5.49. The number of amides is 2. The van der Waals surface area contributed by atoms with Crippen LogP contribution in [0.5, 0.6) is 0 Å². The number of nitrogens with zero attached hydrogens (tertiary/aromatic N) is 1. The van der Waals surface area contributed by atoms with Crippen LogP contribution in [-0.4, -0.2) is 45.2 Å². The maximum absolute atomic E-state index is 12.8. The molecule has 1 aromatic carbocycles. The van der Waals surface area contributed by atoms with Crippen molar-refractivity contribution in [1.29, 1.82) is 0 Å². The van der Waals surface area contributed by atoms with Crippen LogP contribution in [0.2, 0.25) is 0 Å². The lowest BCUT2D eigenvalue weighted by Gasteiger charge is -2.22. The zero-order chi connectivity index (χ0) is 19.1. The highest BCUT2D eigenvalue weighted by Gasteiger charge is 2.24. The van der Waals surface area contributed by atoms with E-state index >= 15 is 0 Å². The van der Waals surface area contributed by atoms with Crippen LogP contribution in [0.15, 0.2) is 18.2 Å². The second-order valence-electron chi connectivity index (χ2n) is 7.50. The fraction of sp³-hybridized carbons (Fsp3) is 0.619. The van der Waals surface area contributed by atoms with Crippen molar-refractivity contribution in [1.82, 2.24) is 5.32 Å². The topological polar surface area (TPSA) is 70.7 Å². The molecule has 0 spiro atoms. The van der Waals surface area contributed by atoms with Crippen LogP contribution >= 0.6 is 0 Å². The lowest BCUT2D eigenvalue weighted by atomic mass is 10.1. The van der Waals surface area contributed by atoms with E-state index in [0.717, 1.165) is 63.7 Å². The van der Waals surface area contributed by atoms with Crippen LogP contribution in [0.3, 0.4) is 0 Å². The van der Waals surface area contributed by atoms with Gasteiger partial charge in [0.15, 0.2) is 0 Å². The molecule has 6 nitrogen and oxygen atoms in total. The van der Waals surface area contributed by atoms with Gasteiger partial charge in [-0.3, -0.25) is 9.59 Å². The molecule has 1 aliphatic heterocycles. The van der Waals surface area contributed by atoms with E-state index in [2.05, 4.69) is 15.5 Å². The molecule has 2 fully saturated rings.